The van der Waals surface area contributed by atoms with Crippen LogP contribution in [0.5, 0.6) is 0 Å². The van der Waals surface area contributed by atoms with E-state index in [4.69, 9.17) is 0 Å². The summed E-state index contributed by atoms with van der Waals surface area (Å²) in [6.45, 7) is 3.39. The highest BCUT2D eigenvalue weighted by atomic mass is 35.5. The smallest absolute Gasteiger partial charge is 0.276 e. The van der Waals surface area contributed by atoms with E-state index in [1.807, 2.05) is 6.92 Å². The van der Waals surface area contributed by atoms with Crippen LogP contribution < -0.4 is 10.6 Å². The molecule has 3 N–H and O–H groups in total. The van der Waals surface area contributed by atoms with Gasteiger partial charge in [0.25, 0.3) is 5.91 Å². The Kier molecular flexibility index (Phi) is 5.15. The van der Waals surface area contributed by atoms with Crippen LogP contribution in [0.25, 0.3) is 0 Å². The van der Waals surface area contributed by atoms with Crippen LogP contribution in [0.3, 0.4) is 0 Å². The van der Waals surface area contributed by atoms with Crippen molar-refractivity contribution in [3.63, 3.8) is 0 Å². The summed E-state index contributed by atoms with van der Waals surface area (Å²) in [5.74, 6) is -0.624. The molecule has 7 heteroatoms. The van der Waals surface area contributed by atoms with E-state index in [2.05, 4.69) is 20.8 Å². The summed E-state index contributed by atoms with van der Waals surface area (Å²) in [4.78, 5) is 12.3. The fraction of sp³-hybridized carbons (Fsp3) is 0.333. The molecule has 2 aromatic rings. The number of hydrogen-bond acceptors (Lipinski definition) is 3. The minimum absolute atomic E-state index is 0. The molecule has 1 amide bonds. The standard InChI is InChI=1S/C15H17FN4O.ClH/c1-2-9-3-4-10(7-12(9)16)18-15(21)14-11-8-17-6-5-13(11)19-20-14;/h3-4,7,17H,2,5-6,8H2,1H3,(H,18,21)(H,19,20);1H. The van der Waals surface area contributed by atoms with Crippen LogP contribution in [0.4, 0.5) is 10.1 Å². The average Bonchev–Trinajstić information content (AvgIpc) is 2.91. The Labute approximate surface area is 134 Å². The number of nitrogens with one attached hydrogen (secondary N) is 3. The summed E-state index contributed by atoms with van der Waals surface area (Å²) >= 11 is 0. The lowest BCUT2D eigenvalue weighted by molar-refractivity contribution is 0.102. The van der Waals surface area contributed by atoms with Crippen molar-refractivity contribution in [2.45, 2.75) is 26.3 Å². The summed E-state index contributed by atoms with van der Waals surface area (Å²) in [6, 6.07) is 4.73. The highest BCUT2D eigenvalue weighted by Crippen LogP contribution is 2.19. The number of hydrogen-bond donors (Lipinski definition) is 3. The predicted octanol–water partition coefficient (Wildman–Crippen LogP) is 2.43. The Morgan fingerprint density at radius 2 is 2.27 bits per heavy atom. The molecule has 0 fully saturated rings. The third-order valence-electron chi connectivity index (χ3n) is 3.71. The molecule has 1 aliphatic rings. The maximum Gasteiger partial charge on any atom is 0.276 e. The van der Waals surface area contributed by atoms with Gasteiger partial charge in [0, 0.05) is 36.5 Å². The first-order valence-corrected chi connectivity index (χ1v) is 7.05. The number of fused-ring (bicyclic) bond motifs is 1. The van der Waals surface area contributed by atoms with Gasteiger partial charge >= 0.3 is 0 Å². The van der Waals surface area contributed by atoms with Crippen LogP contribution in [0, 0.1) is 5.82 Å². The first-order chi connectivity index (χ1) is 10.2. The average molecular weight is 325 g/mol. The predicted molar refractivity (Wildman–Crippen MR) is 85.0 cm³/mol. The fourth-order valence-corrected chi connectivity index (χ4v) is 2.52. The maximum atomic E-state index is 13.7. The molecule has 1 aromatic carbocycles. The van der Waals surface area contributed by atoms with Crippen molar-refractivity contribution in [2.24, 2.45) is 0 Å². The third kappa shape index (κ3) is 3.13. The van der Waals surface area contributed by atoms with Gasteiger partial charge in [-0.2, -0.15) is 5.10 Å². The molecule has 0 saturated heterocycles. The molecular weight excluding hydrogens is 307 g/mol. The number of carbonyl (C=O) groups is 1. The monoisotopic (exact) mass is 324 g/mol. The van der Waals surface area contributed by atoms with Crippen molar-refractivity contribution < 1.29 is 9.18 Å². The lowest BCUT2D eigenvalue weighted by atomic mass is 10.1. The van der Waals surface area contributed by atoms with Gasteiger partial charge in [0.1, 0.15) is 5.82 Å². The summed E-state index contributed by atoms with van der Waals surface area (Å²) in [7, 11) is 0. The van der Waals surface area contributed by atoms with E-state index >= 15 is 0 Å². The number of aryl methyl sites for hydroxylation is 1. The zero-order valence-corrected chi connectivity index (χ0v) is 13.0. The first kappa shape index (κ1) is 16.5. The van der Waals surface area contributed by atoms with E-state index in [0.717, 1.165) is 24.2 Å². The van der Waals surface area contributed by atoms with Crippen LogP contribution in [0.15, 0.2) is 18.2 Å². The Morgan fingerprint density at radius 1 is 1.45 bits per heavy atom. The van der Waals surface area contributed by atoms with E-state index in [0.29, 0.717) is 29.9 Å². The Morgan fingerprint density at radius 3 is 3.00 bits per heavy atom. The minimum Gasteiger partial charge on any atom is -0.320 e. The number of amides is 1. The van der Waals surface area contributed by atoms with E-state index in [1.54, 1.807) is 12.1 Å². The molecule has 0 bridgehead atoms. The van der Waals surface area contributed by atoms with E-state index in [9.17, 15) is 9.18 Å². The largest absolute Gasteiger partial charge is 0.320 e. The Bertz CT molecular complexity index is 686. The van der Waals surface area contributed by atoms with Crippen molar-refractivity contribution in [3.05, 3.63) is 46.5 Å². The number of H-pyrrole nitrogens is 1. The molecule has 22 heavy (non-hydrogen) atoms. The number of anilines is 1. The molecule has 0 aliphatic carbocycles. The van der Waals surface area contributed by atoms with Gasteiger partial charge in [-0.3, -0.25) is 9.89 Å². The van der Waals surface area contributed by atoms with Gasteiger partial charge in [-0.15, -0.1) is 12.4 Å². The molecule has 0 spiro atoms. The van der Waals surface area contributed by atoms with Gasteiger partial charge in [-0.1, -0.05) is 13.0 Å². The summed E-state index contributed by atoms with van der Waals surface area (Å²) in [6.07, 6.45) is 1.45. The summed E-state index contributed by atoms with van der Waals surface area (Å²) < 4.78 is 13.7. The molecule has 0 radical (unpaired) electrons. The maximum absolute atomic E-state index is 13.7. The number of carbonyl (C=O) groups excluding carboxylic acids is 1. The Balaban J connectivity index is 0.00000176. The molecule has 0 unspecified atom stereocenters. The normalized spacial score (nSPS) is 13.2. The van der Waals surface area contributed by atoms with Gasteiger partial charge in [-0.05, 0) is 24.1 Å². The second-order valence-corrected chi connectivity index (χ2v) is 5.07. The fourth-order valence-electron chi connectivity index (χ4n) is 2.52. The molecule has 118 valence electrons. The van der Waals surface area contributed by atoms with Gasteiger partial charge in [-0.25, -0.2) is 4.39 Å². The lowest BCUT2D eigenvalue weighted by Gasteiger charge is -2.13. The van der Waals surface area contributed by atoms with Crippen molar-refractivity contribution >= 4 is 24.0 Å². The van der Waals surface area contributed by atoms with Crippen LogP contribution in [-0.2, 0) is 19.4 Å². The highest BCUT2D eigenvalue weighted by molar-refractivity contribution is 6.04. The molecular formula is C15H18ClFN4O. The third-order valence-corrected chi connectivity index (χ3v) is 3.71. The topological polar surface area (TPSA) is 69.8 Å². The quantitative estimate of drug-likeness (QED) is 0.812. The van der Waals surface area contributed by atoms with Crippen LogP contribution in [-0.4, -0.2) is 22.6 Å². The second-order valence-electron chi connectivity index (χ2n) is 5.07. The van der Waals surface area contributed by atoms with Crippen molar-refractivity contribution in [1.29, 1.82) is 0 Å². The minimum atomic E-state index is -0.320. The lowest BCUT2D eigenvalue weighted by Crippen LogP contribution is -2.25. The first-order valence-electron chi connectivity index (χ1n) is 7.05. The van der Waals surface area contributed by atoms with Gasteiger partial charge in [0.15, 0.2) is 5.69 Å². The Hall–Kier alpha value is -1.92. The molecule has 1 aromatic heterocycles. The zero-order chi connectivity index (χ0) is 14.8. The number of aromatic nitrogens is 2. The summed E-state index contributed by atoms with van der Waals surface area (Å²) in [5.41, 5.74) is 3.33. The van der Waals surface area contributed by atoms with Crippen molar-refractivity contribution in [3.8, 4) is 0 Å². The van der Waals surface area contributed by atoms with Crippen molar-refractivity contribution in [1.82, 2.24) is 15.5 Å². The van der Waals surface area contributed by atoms with Crippen LogP contribution in [0.2, 0.25) is 0 Å². The van der Waals surface area contributed by atoms with Crippen LogP contribution in [0.1, 0.15) is 34.2 Å². The number of halogens is 2. The summed E-state index contributed by atoms with van der Waals surface area (Å²) in [5, 5.41) is 12.9. The van der Waals surface area contributed by atoms with Crippen molar-refractivity contribution in [2.75, 3.05) is 11.9 Å². The number of rotatable bonds is 3. The molecule has 3 rings (SSSR count). The van der Waals surface area contributed by atoms with E-state index in [1.165, 1.54) is 6.07 Å². The molecule has 2 heterocycles. The molecule has 1 aliphatic heterocycles. The molecule has 0 atom stereocenters. The number of nitrogens with zero attached hydrogens (tertiary/aromatic N) is 1. The van der Waals surface area contributed by atoms with Gasteiger partial charge in [0.05, 0.1) is 0 Å². The van der Waals surface area contributed by atoms with E-state index < -0.39 is 0 Å². The molecule has 0 saturated carbocycles. The number of benzene rings is 1. The number of aromatic amines is 1. The highest BCUT2D eigenvalue weighted by Gasteiger charge is 2.21. The van der Waals surface area contributed by atoms with E-state index in [-0.39, 0.29) is 24.1 Å². The van der Waals surface area contributed by atoms with Gasteiger partial charge in [0.2, 0.25) is 0 Å². The van der Waals surface area contributed by atoms with Crippen LogP contribution >= 0.6 is 12.4 Å². The molecule has 5 nitrogen and oxygen atoms in total. The zero-order valence-electron chi connectivity index (χ0n) is 12.2. The second kappa shape index (κ2) is 6.89. The SMILES string of the molecule is CCc1ccc(NC(=O)c2n[nH]c3c2CNCC3)cc1F.Cl. The van der Waals surface area contributed by atoms with Gasteiger partial charge < -0.3 is 10.6 Å².